The summed E-state index contributed by atoms with van der Waals surface area (Å²) in [7, 11) is 0. The van der Waals surface area contributed by atoms with Crippen LogP contribution in [0.15, 0.2) is 6.07 Å². The number of anilines is 2. The Bertz CT molecular complexity index is 774. The number of thiophene rings is 1. The van der Waals surface area contributed by atoms with Crippen LogP contribution in [-0.2, 0) is 11.2 Å². The van der Waals surface area contributed by atoms with Gasteiger partial charge in [0.2, 0.25) is 0 Å². The molecule has 0 bridgehead atoms. The van der Waals surface area contributed by atoms with Crippen LogP contribution in [-0.4, -0.2) is 29.8 Å². The Labute approximate surface area is 138 Å². The highest BCUT2D eigenvalue weighted by Crippen LogP contribution is 2.37. The number of piperidine rings is 1. The summed E-state index contributed by atoms with van der Waals surface area (Å²) in [6.07, 6.45) is 2.94. The van der Waals surface area contributed by atoms with E-state index in [0.29, 0.717) is 42.3 Å². The molecule has 0 unspecified atom stereocenters. The number of primary amides is 1. The standard InChI is InChI=1S/C16H20N4O2S/c1-2-3-9-8-11(20-6-4-10(21)5-7-20)19-16-12(9)13(17)14(23-16)15(18)22/h8H,2-7,17H2,1H3,(H2,18,22). The number of nitrogen functional groups attached to an aromatic ring is 1. The summed E-state index contributed by atoms with van der Waals surface area (Å²) in [5.74, 6) is 0.635. The number of amides is 1. The maximum Gasteiger partial charge on any atom is 0.260 e. The average molecular weight is 332 g/mol. The van der Waals surface area contributed by atoms with Crippen LogP contribution in [0.25, 0.3) is 10.2 Å². The minimum atomic E-state index is -0.516. The second kappa shape index (κ2) is 6.16. The first-order chi connectivity index (χ1) is 11.0. The minimum absolute atomic E-state index is 0.299. The smallest absolute Gasteiger partial charge is 0.260 e. The lowest BCUT2D eigenvalue weighted by Gasteiger charge is -2.27. The zero-order chi connectivity index (χ0) is 16.6. The zero-order valence-corrected chi connectivity index (χ0v) is 13.9. The van der Waals surface area contributed by atoms with Crippen molar-refractivity contribution >= 4 is 44.7 Å². The van der Waals surface area contributed by atoms with Crippen LogP contribution >= 0.6 is 11.3 Å². The van der Waals surface area contributed by atoms with Crippen LogP contribution in [0.4, 0.5) is 11.5 Å². The van der Waals surface area contributed by atoms with Crippen molar-refractivity contribution in [2.75, 3.05) is 23.7 Å². The Kier molecular flexibility index (Phi) is 4.21. The lowest BCUT2D eigenvalue weighted by Crippen LogP contribution is -2.34. The summed E-state index contributed by atoms with van der Waals surface area (Å²) in [5, 5.41) is 0.850. The van der Waals surface area contributed by atoms with Crippen LogP contribution in [0.3, 0.4) is 0 Å². The van der Waals surface area contributed by atoms with Crippen LogP contribution in [0, 0.1) is 0 Å². The summed E-state index contributed by atoms with van der Waals surface area (Å²) in [5.41, 5.74) is 13.1. The average Bonchev–Trinajstić information content (AvgIpc) is 2.86. The molecule has 1 saturated heterocycles. The molecule has 0 radical (unpaired) electrons. The lowest BCUT2D eigenvalue weighted by molar-refractivity contribution is -0.119. The number of pyridine rings is 1. The molecule has 1 amide bonds. The summed E-state index contributed by atoms with van der Waals surface area (Å²) < 4.78 is 0. The molecule has 6 nitrogen and oxygen atoms in total. The van der Waals surface area contributed by atoms with E-state index in [4.69, 9.17) is 11.5 Å². The van der Waals surface area contributed by atoms with E-state index < -0.39 is 5.91 Å². The molecule has 0 spiro atoms. The largest absolute Gasteiger partial charge is 0.397 e. The highest BCUT2D eigenvalue weighted by molar-refractivity contribution is 7.21. The van der Waals surface area contributed by atoms with Gasteiger partial charge in [0.15, 0.2) is 0 Å². The first-order valence-corrected chi connectivity index (χ1v) is 8.61. The first-order valence-electron chi connectivity index (χ1n) is 7.79. The number of fused-ring (bicyclic) bond motifs is 1. The molecule has 7 heteroatoms. The molecule has 1 aliphatic rings. The maximum absolute atomic E-state index is 11.6. The molecule has 2 aromatic heterocycles. The van der Waals surface area contributed by atoms with Gasteiger partial charge in [0.1, 0.15) is 21.3 Å². The zero-order valence-electron chi connectivity index (χ0n) is 13.1. The van der Waals surface area contributed by atoms with Gasteiger partial charge in [0.25, 0.3) is 5.91 Å². The summed E-state index contributed by atoms with van der Waals surface area (Å²) in [6, 6.07) is 2.04. The molecule has 122 valence electrons. The number of hydrogen-bond acceptors (Lipinski definition) is 6. The number of Topliss-reactive ketones (excluding diaryl/α,β-unsaturated/α-hetero) is 1. The molecule has 3 heterocycles. The third kappa shape index (κ3) is 2.88. The molecule has 4 N–H and O–H groups in total. The molecule has 23 heavy (non-hydrogen) atoms. The van der Waals surface area contributed by atoms with Crippen molar-refractivity contribution in [2.45, 2.75) is 32.6 Å². The van der Waals surface area contributed by atoms with E-state index in [0.717, 1.165) is 34.4 Å². The number of carbonyl (C=O) groups is 2. The molecule has 0 atom stereocenters. The molecular formula is C16H20N4O2S. The van der Waals surface area contributed by atoms with E-state index in [9.17, 15) is 9.59 Å². The fourth-order valence-corrected chi connectivity index (χ4v) is 3.97. The van der Waals surface area contributed by atoms with E-state index in [-0.39, 0.29) is 0 Å². The van der Waals surface area contributed by atoms with Crippen molar-refractivity contribution in [2.24, 2.45) is 5.73 Å². The van der Waals surface area contributed by atoms with E-state index in [1.807, 2.05) is 6.07 Å². The number of rotatable bonds is 4. The van der Waals surface area contributed by atoms with Gasteiger partial charge in [0, 0.05) is 31.3 Å². The van der Waals surface area contributed by atoms with Crippen molar-refractivity contribution < 1.29 is 9.59 Å². The quantitative estimate of drug-likeness (QED) is 0.892. The monoisotopic (exact) mass is 332 g/mol. The third-order valence-electron chi connectivity index (χ3n) is 4.16. The molecule has 1 fully saturated rings. The fraction of sp³-hybridized carbons (Fsp3) is 0.438. The Balaban J connectivity index is 2.10. The Hall–Kier alpha value is -2.15. The molecule has 1 aliphatic heterocycles. The predicted octanol–water partition coefficient (Wildman–Crippen LogP) is 2.10. The van der Waals surface area contributed by atoms with Gasteiger partial charge in [-0.25, -0.2) is 4.98 Å². The van der Waals surface area contributed by atoms with Crippen molar-refractivity contribution in [3.8, 4) is 0 Å². The van der Waals surface area contributed by atoms with Gasteiger partial charge >= 0.3 is 0 Å². The highest BCUT2D eigenvalue weighted by Gasteiger charge is 2.22. The number of hydrogen-bond donors (Lipinski definition) is 2. The number of aryl methyl sites for hydroxylation is 1. The second-order valence-corrected chi connectivity index (χ2v) is 6.80. The molecule has 3 rings (SSSR count). The fourth-order valence-electron chi connectivity index (χ4n) is 2.98. The molecule has 0 saturated carbocycles. The summed E-state index contributed by atoms with van der Waals surface area (Å²) in [6.45, 7) is 3.47. The molecular weight excluding hydrogens is 312 g/mol. The Morgan fingerprint density at radius 1 is 1.39 bits per heavy atom. The number of ketones is 1. The SMILES string of the molecule is CCCc1cc(N2CCC(=O)CC2)nc2sc(C(N)=O)c(N)c12. The van der Waals surface area contributed by atoms with Crippen molar-refractivity contribution in [3.05, 3.63) is 16.5 Å². The van der Waals surface area contributed by atoms with Gasteiger partial charge in [-0.05, 0) is 18.1 Å². The van der Waals surface area contributed by atoms with Gasteiger partial charge in [-0.1, -0.05) is 13.3 Å². The van der Waals surface area contributed by atoms with Crippen LogP contribution in [0.1, 0.15) is 41.4 Å². The molecule has 0 aromatic carbocycles. The van der Waals surface area contributed by atoms with Gasteiger partial charge in [0.05, 0.1) is 5.69 Å². The van der Waals surface area contributed by atoms with Gasteiger partial charge < -0.3 is 16.4 Å². The topological polar surface area (TPSA) is 102 Å². The van der Waals surface area contributed by atoms with Crippen molar-refractivity contribution in [3.63, 3.8) is 0 Å². The number of aromatic nitrogens is 1. The van der Waals surface area contributed by atoms with Crippen molar-refractivity contribution in [1.29, 1.82) is 0 Å². The number of nitrogens with two attached hydrogens (primary N) is 2. The van der Waals surface area contributed by atoms with Crippen molar-refractivity contribution in [1.82, 2.24) is 4.98 Å². The molecule has 2 aromatic rings. The Morgan fingerprint density at radius 3 is 2.70 bits per heavy atom. The third-order valence-corrected chi connectivity index (χ3v) is 5.27. The Morgan fingerprint density at radius 2 is 2.09 bits per heavy atom. The second-order valence-electron chi connectivity index (χ2n) is 5.80. The van der Waals surface area contributed by atoms with Crippen LogP contribution < -0.4 is 16.4 Å². The maximum atomic E-state index is 11.6. The summed E-state index contributed by atoms with van der Waals surface area (Å²) >= 11 is 1.25. The predicted molar refractivity (Wildman–Crippen MR) is 93.0 cm³/mol. The van der Waals surface area contributed by atoms with E-state index in [1.54, 1.807) is 0 Å². The first kappa shape index (κ1) is 15.7. The normalized spacial score (nSPS) is 15.3. The van der Waals surface area contributed by atoms with Crippen LogP contribution in [0.2, 0.25) is 0 Å². The van der Waals surface area contributed by atoms with Crippen LogP contribution in [0.5, 0.6) is 0 Å². The number of nitrogens with zero attached hydrogens (tertiary/aromatic N) is 2. The van der Waals surface area contributed by atoms with E-state index in [2.05, 4.69) is 16.8 Å². The van der Waals surface area contributed by atoms with E-state index in [1.165, 1.54) is 11.3 Å². The highest BCUT2D eigenvalue weighted by atomic mass is 32.1. The van der Waals surface area contributed by atoms with E-state index >= 15 is 0 Å². The minimum Gasteiger partial charge on any atom is -0.397 e. The summed E-state index contributed by atoms with van der Waals surface area (Å²) in [4.78, 5) is 30.9. The van der Waals surface area contributed by atoms with Gasteiger partial charge in [-0.3, -0.25) is 9.59 Å². The number of carbonyl (C=O) groups excluding carboxylic acids is 2. The van der Waals surface area contributed by atoms with Gasteiger partial charge in [-0.2, -0.15) is 0 Å². The lowest BCUT2D eigenvalue weighted by atomic mass is 10.0. The van der Waals surface area contributed by atoms with Gasteiger partial charge in [-0.15, -0.1) is 11.3 Å². The molecule has 0 aliphatic carbocycles.